The van der Waals surface area contributed by atoms with Gasteiger partial charge in [-0.2, -0.15) is 0 Å². The molecule has 116 valence electrons. The van der Waals surface area contributed by atoms with Gasteiger partial charge in [0.05, 0.1) is 6.04 Å². The molecule has 0 rings (SSSR count). The molecule has 5 nitrogen and oxygen atoms in total. The Labute approximate surface area is 121 Å². The lowest BCUT2D eigenvalue weighted by Crippen LogP contribution is -2.36. The summed E-state index contributed by atoms with van der Waals surface area (Å²) in [5.41, 5.74) is 0. The number of hydrogen-bond donors (Lipinski definition) is 2. The highest BCUT2D eigenvalue weighted by atomic mass is 16.2. The molecule has 0 saturated carbocycles. The van der Waals surface area contributed by atoms with Gasteiger partial charge in [0.25, 0.3) is 0 Å². The number of rotatable bonds is 11. The van der Waals surface area contributed by atoms with Gasteiger partial charge in [0.1, 0.15) is 5.78 Å². The van der Waals surface area contributed by atoms with Crippen LogP contribution in [0.5, 0.6) is 0 Å². The largest absolute Gasteiger partial charge is 0.356 e. The van der Waals surface area contributed by atoms with E-state index in [1.165, 1.54) is 6.92 Å². The van der Waals surface area contributed by atoms with E-state index in [-0.39, 0.29) is 35.9 Å². The molecule has 0 spiro atoms. The molecule has 0 saturated heterocycles. The van der Waals surface area contributed by atoms with E-state index in [0.29, 0.717) is 13.0 Å². The zero-order valence-electron chi connectivity index (χ0n) is 13.1. The van der Waals surface area contributed by atoms with E-state index in [4.69, 9.17) is 0 Å². The maximum atomic E-state index is 11.8. The SMILES string of the molecule is CNC(CCCCNC(=O)CCC(C)=O)C(=O)C(C)C. The van der Waals surface area contributed by atoms with Crippen molar-refractivity contribution in [2.24, 2.45) is 5.92 Å². The van der Waals surface area contributed by atoms with Gasteiger partial charge in [0.15, 0.2) is 5.78 Å². The van der Waals surface area contributed by atoms with Crippen molar-refractivity contribution in [2.45, 2.75) is 58.9 Å². The van der Waals surface area contributed by atoms with E-state index < -0.39 is 0 Å². The van der Waals surface area contributed by atoms with Crippen LogP contribution in [0.1, 0.15) is 52.9 Å². The van der Waals surface area contributed by atoms with Crippen molar-refractivity contribution in [3.63, 3.8) is 0 Å². The van der Waals surface area contributed by atoms with E-state index in [0.717, 1.165) is 19.3 Å². The predicted molar refractivity (Wildman–Crippen MR) is 79.5 cm³/mol. The van der Waals surface area contributed by atoms with Gasteiger partial charge in [0.2, 0.25) is 5.91 Å². The first kappa shape index (κ1) is 18.8. The molecule has 0 aliphatic carbocycles. The number of nitrogens with one attached hydrogen (secondary N) is 2. The summed E-state index contributed by atoms with van der Waals surface area (Å²) in [4.78, 5) is 33.9. The van der Waals surface area contributed by atoms with E-state index in [1.54, 1.807) is 7.05 Å². The number of unbranched alkanes of at least 4 members (excludes halogenated alkanes) is 1. The summed E-state index contributed by atoms with van der Waals surface area (Å²) < 4.78 is 0. The van der Waals surface area contributed by atoms with Gasteiger partial charge in [-0.05, 0) is 33.2 Å². The van der Waals surface area contributed by atoms with Crippen LogP contribution < -0.4 is 10.6 Å². The number of hydrogen-bond acceptors (Lipinski definition) is 4. The van der Waals surface area contributed by atoms with Crippen molar-refractivity contribution in [3.05, 3.63) is 0 Å². The van der Waals surface area contributed by atoms with Crippen molar-refractivity contribution in [1.82, 2.24) is 10.6 Å². The zero-order valence-corrected chi connectivity index (χ0v) is 13.1. The van der Waals surface area contributed by atoms with Crippen LogP contribution in [-0.2, 0) is 14.4 Å². The van der Waals surface area contributed by atoms with Crippen LogP contribution in [-0.4, -0.2) is 37.1 Å². The first-order chi connectivity index (χ1) is 9.38. The lowest BCUT2D eigenvalue weighted by atomic mass is 9.97. The molecule has 0 aliphatic heterocycles. The maximum absolute atomic E-state index is 11.8. The van der Waals surface area contributed by atoms with Crippen LogP contribution in [0, 0.1) is 5.92 Å². The minimum Gasteiger partial charge on any atom is -0.356 e. The number of carbonyl (C=O) groups is 3. The minimum atomic E-state index is -0.0941. The fraction of sp³-hybridized carbons (Fsp3) is 0.800. The molecular formula is C15H28N2O3. The minimum absolute atomic E-state index is 0.0317. The third kappa shape index (κ3) is 8.80. The number of ketones is 2. The van der Waals surface area contributed by atoms with Crippen LogP contribution >= 0.6 is 0 Å². The second-order valence-electron chi connectivity index (χ2n) is 5.45. The number of Topliss-reactive ketones (excluding diaryl/α,β-unsaturated/α-hetero) is 2. The summed E-state index contributed by atoms with van der Waals surface area (Å²) in [6.45, 7) is 5.89. The highest BCUT2D eigenvalue weighted by Crippen LogP contribution is 2.07. The Morgan fingerprint density at radius 1 is 1.05 bits per heavy atom. The van der Waals surface area contributed by atoms with Crippen molar-refractivity contribution >= 4 is 17.5 Å². The van der Waals surface area contributed by atoms with Crippen LogP contribution in [0.4, 0.5) is 0 Å². The van der Waals surface area contributed by atoms with Gasteiger partial charge >= 0.3 is 0 Å². The summed E-state index contributed by atoms with van der Waals surface area (Å²) in [5, 5.41) is 5.83. The molecule has 5 heteroatoms. The number of amides is 1. The molecule has 0 aromatic heterocycles. The molecule has 0 aromatic rings. The van der Waals surface area contributed by atoms with Gasteiger partial charge in [-0.25, -0.2) is 0 Å². The molecule has 0 aliphatic rings. The second-order valence-corrected chi connectivity index (χ2v) is 5.45. The standard InChI is InChI=1S/C15H28N2O3/c1-11(2)15(20)13(16-4)7-5-6-10-17-14(19)9-8-12(3)18/h11,13,16H,5-10H2,1-4H3,(H,17,19). The summed E-state index contributed by atoms with van der Waals surface area (Å²) in [6.07, 6.45) is 3.08. The summed E-state index contributed by atoms with van der Waals surface area (Å²) in [6, 6.07) is -0.0941. The fourth-order valence-corrected chi connectivity index (χ4v) is 1.91. The van der Waals surface area contributed by atoms with E-state index >= 15 is 0 Å². The molecule has 2 N–H and O–H groups in total. The summed E-state index contributed by atoms with van der Waals surface area (Å²) >= 11 is 0. The molecule has 0 fully saturated rings. The lowest BCUT2D eigenvalue weighted by Gasteiger charge is -2.17. The van der Waals surface area contributed by atoms with E-state index in [9.17, 15) is 14.4 Å². The smallest absolute Gasteiger partial charge is 0.220 e. The van der Waals surface area contributed by atoms with Crippen molar-refractivity contribution < 1.29 is 14.4 Å². The second kappa shape index (κ2) is 10.5. The van der Waals surface area contributed by atoms with Crippen molar-refractivity contribution in [3.8, 4) is 0 Å². The van der Waals surface area contributed by atoms with Crippen molar-refractivity contribution in [1.29, 1.82) is 0 Å². The van der Waals surface area contributed by atoms with Crippen LogP contribution in [0.25, 0.3) is 0 Å². The van der Waals surface area contributed by atoms with Crippen LogP contribution in [0.15, 0.2) is 0 Å². The first-order valence-corrected chi connectivity index (χ1v) is 7.35. The predicted octanol–water partition coefficient (Wildman–Crippen LogP) is 1.46. The molecule has 0 radical (unpaired) electrons. The summed E-state index contributed by atoms with van der Waals surface area (Å²) in [5.74, 6) is 0.226. The Bertz CT molecular complexity index is 327. The highest BCUT2D eigenvalue weighted by Gasteiger charge is 2.18. The molecule has 20 heavy (non-hydrogen) atoms. The molecule has 1 unspecified atom stereocenters. The fourth-order valence-electron chi connectivity index (χ4n) is 1.91. The topological polar surface area (TPSA) is 75.3 Å². The van der Waals surface area contributed by atoms with Gasteiger partial charge < -0.3 is 15.4 Å². The number of carbonyl (C=O) groups excluding carboxylic acids is 3. The third-order valence-electron chi connectivity index (χ3n) is 3.21. The Kier molecular flexibility index (Phi) is 9.90. The van der Waals surface area contributed by atoms with Crippen LogP contribution in [0.3, 0.4) is 0 Å². The Hall–Kier alpha value is -1.23. The van der Waals surface area contributed by atoms with Gasteiger partial charge in [0, 0.05) is 25.3 Å². The quantitative estimate of drug-likeness (QED) is 0.563. The molecular weight excluding hydrogens is 256 g/mol. The van der Waals surface area contributed by atoms with Crippen LogP contribution in [0.2, 0.25) is 0 Å². The van der Waals surface area contributed by atoms with E-state index in [2.05, 4.69) is 10.6 Å². The van der Waals surface area contributed by atoms with Gasteiger partial charge in [-0.3, -0.25) is 9.59 Å². The summed E-state index contributed by atoms with van der Waals surface area (Å²) in [7, 11) is 1.80. The van der Waals surface area contributed by atoms with Gasteiger partial charge in [-0.15, -0.1) is 0 Å². The zero-order chi connectivity index (χ0) is 15.5. The van der Waals surface area contributed by atoms with Crippen molar-refractivity contribution in [2.75, 3.05) is 13.6 Å². The molecule has 0 bridgehead atoms. The third-order valence-corrected chi connectivity index (χ3v) is 3.21. The van der Waals surface area contributed by atoms with E-state index in [1.807, 2.05) is 13.8 Å². The maximum Gasteiger partial charge on any atom is 0.220 e. The normalized spacial score (nSPS) is 12.2. The molecule has 0 heterocycles. The highest BCUT2D eigenvalue weighted by molar-refractivity contribution is 5.85. The average Bonchev–Trinajstić information content (AvgIpc) is 2.39. The van der Waals surface area contributed by atoms with Gasteiger partial charge in [-0.1, -0.05) is 13.8 Å². The molecule has 1 atom stereocenters. The first-order valence-electron chi connectivity index (χ1n) is 7.35. The average molecular weight is 284 g/mol. The number of likely N-dealkylation sites (N-methyl/N-ethyl adjacent to an activating group) is 1. The lowest BCUT2D eigenvalue weighted by molar-refractivity contribution is -0.124. The Balaban J connectivity index is 3.72. The monoisotopic (exact) mass is 284 g/mol. The molecule has 0 aromatic carbocycles. The Morgan fingerprint density at radius 2 is 1.70 bits per heavy atom. The molecule has 1 amide bonds. The Morgan fingerprint density at radius 3 is 2.20 bits per heavy atom.